The number of carbonyl (C=O) groups excluding carboxylic acids is 1. The van der Waals surface area contributed by atoms with Crippen molar-refractivity contribution in [2.45, 2.75) is 20.4 Å². The molecular weight excluding hydrogens is 326 g/mol. The van der Waals surface area contributed by atoms with E-state index in [-0.39, 0.29) is 5.91 Å². The Kier molecular flexibility index (Phi) is 6.41. The Morgan fingerprint density at radius 3 is 2.50 bits per heavy atom. The molecule has 0 atom stereocenters. The molecule has 140 valence electrons. The summed E-state index contributed by atoms with van der Waals surface area (Å²) in [4.78, 5) is 16.6. The van der Waals surface area contributed by atoms with Gasteiger partial charge in [-0.2, -0.15) is 5.10 Å². The molecule has 1 N–H and O–H groups in total. The first-order valence-electron chi connectivity index (χ1n) is 9.40. The minimum atomic E-state index is 0.135. The van der Waals surface area contributed by atoms with E-state index in [0.29, 0.717) is 12.5 Å². The van der Waals surface area contributed by atoms with Crippen molar-refractivity contribution in [1.29, 1.82) is 0 Å². The third kappa shape index (κ3) is 5.41. The summed E-state index contributed by atoms with van der Waals surface area (Å²) in [7, 11) is 0. The number of nitrogens with one attached hydrogen (secondary N) is 1. The normalized spacial score (nSPS) is 16.1. The third-order valence-electron chi connectivity index (χ3n) is 4.60. The van der Waals surface area contributed by atoms with Crippen LogP contribution in [-0.4, -0.2) is 64.8 Å². The van der Waals surface area contributed by atoms with E-state index in [2.05, 4.69) is 52.4 Å². The summed E-state index contributed by atoms with van der Waals surface area (Å²) in [5, 5.41) is 7.46. The van der Waals surface area contributed by atoms with Crippen molar-refractivity contribution in [3.05, 3.63) is 48.3 Å². The summed E-state index contributed by atoms with van der Waals surface area (Å²) < 4.78 is 1.92. The summed E-state index contributed by atoms with van der Waals surface area (Å²) in [5.74, 6) is 0.629. The van der Waals surface area contributed by atoms with Gasteiger partial charge in [0.15, 0.2) is 0 Å². The standard InChI is InChI=1S/C20H29N5O/c1-17(2)12-21-20(26)16-24-10-8-23(9-11-24)14-18-13-22-25(15-18)19-6-4-3-5-7-19/h3-7,13,15,17H,8-12,14,16H2,1-2H3,(H,21,26). The lowest BCUT2D eigenvalue weighted by molar-refractivity contribution is -0.122. The van der Waals surface area contributed by atoms with Crippen LogP contribution in [0.5, 0.6) is 0 Å². The Bertz CT molecular complexity index is 689. The Morgan fingerprint density at radius 1 is 1.12 bits per heavy atom. The van der Waals surface area contributed by atoms with Gasteiger partial charge in [-0.15, -0.1) is 0 Å². The van der Waals surface area contributed by atoms with E-state index < -0.39 is 0 Å². The van der Waals surface area contributed by atoms with Crippen LogP contribution in [0.1, 0.15) is 19.4 Å². The molecule has 1 aliphatic rings. The predicted octanol–water partition coefficient (Wildman–Crippen LogP) is 1.76. The molecule has 2 aromatic rings. The van der Waals surface area contributed by atoms with E-state index in [1.165, 1.54) is 5.56 Å². The van der Waals surface area contributed by atoms with Gasteiger partial charge >= 0.3 is 0 Å². The maximum atomic E-state index is 11.9. The molecule has 1 amide bonds. The summed E-state index contributed by atoms with van der Waals surface area (Å²) in [5.41, 5.74) is 2.30. The van der Waals surface area contributed by atoms with Gasteiger partial charge in [0.1, 0.15) is 0 Å². The summed E-state index contributed by atoms with van der Waals surface area (Å²) >= 11 is 0. The molecule has 0 aliphatic carbocycles. The van der Waals surface area contributed by atoms with E-state index in [9.17, 15) is 4.79 Å². The fraction of sp³-hybridized carbons (Fsp3) is 0.500. The van der Waals surface area contributed by atoms with Gasteiger partial charge in [-0.1, -0.05) is 32.0 Å². The van der Waals surface area contributed by atoms with Crippen molar-refractivity contribution in [2.24, 2.45) is 5.92 Å². The van der Waals surface area contributed by atoms with Crippen molar-refractivity contribution in [3.63, 3.8) is 0 Å². The number of piperazine rings is 1. The SMILES string of the molecule is CC(C)CNC(=O)CN1CCN(Cc2cnn(-c3ccccc3)c2)CC1. The zero-order valence-corrected chi connectivity index (χ0v) is 15.8. The molecule has 0 radical (unpaired) electrons. The van der Waals surface area contributed by atoms with E-state index in [4.69, 9.17) is 0 Å². The highest BCUT2D eigenvalue weighted by Gasteiger charge is 2.19. The maximum Gasteiger partial charge on any atom is 0.234 e. The van der Waals surface area contributed by atoms with Gasteiger partial charge in [0, 0.05) is 51.0 Å². The fourth-order valence-electron chi connectivity index (χ4n) is 3.10. The zero-order chi connectivity index (χ0) is 18.4. The van der Waals surface area contributed by atoms with Gasteiger partial charge in [0.05, 0.1) is 18.4 Å². The third-order valence-corrected chi connectivity index (χ3v) is 4.60. The lowest BCUT2D eigenvalue weighted by atomic mass is 10.2. The second-order valence-electron chi connectivity index (χ2n) is 7.38. The first-order chi connectivity index (χ1) is 12.6. The molecule has 1 aromatic carbocycles. The molecule has 1 saturated heterocycles. The molecule has 1 aromatic heterocycles. The highest BCUT2D eigenvalue weighted by Crippen LogP contribution is 2.11. The van der Waals surface area contributed by atoms with Crippen molar-refractivity contribution in [1.82, 2.24) is 24.9 Å². The van der Waals surface area contributed by atoms with Crippen LogP contribution < -0.4 is 5.32 Å². The van der Waals surface area contributed by atoms with Crippen molar-refractivity contribution < 1.29 is 4.79 Å². The largest absolute Gasteiger partial charge is 0.355 e. The Labute approximate surface area is 155 Å². The van der Waals surface area contributed by atoms with E-state index in [0.717, 1.165) is 45.0 Å². The zero-order valence-electron chi connectivity index (χ0n) is 15.8. The summed E-state index contributed by atoms with van der Waals surface area (Å²) in [6.45, 7) is 10.2. The van der Waals surface area contributed by atoms with Gasteiger partial charge in [-0.05, 0) is 18.1 Å². The molecule has 0 unspecified atom stereocenters. The van der Waals surface area contributed by atoms with Crippen LogP contribution in [0.2, 0.25) is 0 Å². The number of carbonyl (C=O) groups is 1. The lowest BCUT2D eigenvalue weighted by Crippen LogP contribution is -2.49. The molecule has 2 heterocycles. The molecule has 3 rings (SSSR count). The van der Waals surface area contributed by atoms with Gasteiger partial charge < -0.3 is 5.32 Å². The number of nitrogens with zero attached hydrogens (tertiary/aromatic N) is 4. The number of hydrogen-bond donors (Lipinski definition) is 1. The second-order valence-corrected chi connectivity index (χ2v) is 7.38. The molecule has 1 fully saturated rings. The number of hydrogen-bond acceptors (Lipinski definition) is 4. The van der Waals surface area contributed by atoms with Crippen LogP contribution in [0, 0.1) is 5.92 Å². The molecule has 0 bridgehead atoms. The van der Waals surface area contributed by atoms with E-state index in [1.807, 2.05) is 29.1 Å². The average molecular weight is 355 g/mol. The fourth-order valence-corrected chi connectivity index (χ4v) is 3.10. The Morgan fingerprint density at radius 2 is 1.81 bits per heavy atom. The van der Waals surface area contributed by atoms with Gasteiger partial charge in [-0.25, -0.2) is 4.68 Å². The van der Waals surface area contributed by atoms with Crippen LogP contribution in [0.15, 0.2) is 42.7 Å². The number of para-hydroxylation sites is 1. The lowest BCUT2D eigenvalue weighted by Gasteiger charge is -2.34. The van der Waals surface area contributed by atoms with Crippen LogP contribution in [-0.2, 0) is 11.3 Å². The van der Waals surface area contributed by atoms with Gasteiger partial charge in [0.25, 0.3) is 0 Å². The molecule has 0 saturated carbocycles. The Balaban J connectivity index is 1.43. The first kappa shape index (κ1) is 18.6. The van der Waals surface area contributed by atoms with Crippen LogP contribution >= 0.6 is 0 Å². The smallest absolute Gasteiger partial charge is 0.234 e. The molecule has 26 heavy (non-hydrogen) atoms. The molecule has 1 aliphatic heterocycles. The summed E-state index contributed by atoms with van der Waals surface area (Å²) in [6, 6.07) is 10.2. The monoisotopic (exact) mass is 355 g/mol. The number of amides is 1. The van der Waals surface area contributed by atoms with Crippen LogP contribution in [0.4, 0.5) is 0 Å². The number of benzene rings is 1. The maximum absolute atomic E-state index is 11.9. The minimum absolute atomic E-state index is 0.135. The number of rotatable bonds is 7. The van der Waals surface area contributed by atoms with Crippen LogP contribution in [0.25, 0.3) is 5.69 Å². The van der Waals surface area contributed by atoms with E-state index >= 15 is 0 Å². The van der Waals surface area contributed by atoms with Gasteiger partial charge in [-0.3, -0.25) is 14.6 Å². The molecule has 6 heteroatoms. The molecular formula is C20H29N5O. The van der Waals surface area contributed by atoms with Crippen molar-refractivity contribution >= 4 is 5.91 Å². The van der Waals surface area contributed by atoms with Crippen molar-refractivity contribution in [2.75, 3.05) is 39.3 Å². The Hall–Kier alpha value is -2.18. The topological polar surface area (TPSA) is 53.4 Å². The predicted molar refractivity (Wildman–Crippen MR) is 103 cm³/mol. The highest BCUT2D eigenvalue weighted by molar-refractivity contribution is 5.78. The van der Waals surface area contributed by atoms with Crippen molar-refractivity contribution in [3.8, 4) is 5.69 Å². The summed E-state index contributed by atoms with van der Waals surface area (Å²) in [6.07, 6.45) is 4.04. The number of aromatic nitrogens is 2. The first-order valence-corrected chi connectivity index (χ1v) is 9.40. The van der Waals surface area contributed by atoms with E-state index in [1.54, 1.807) is 0 Å². The molecule has 0 spiro atoms. The quantitative estimate of drug-likeness (QED) is 0.822. The second kappa shape index (κ2) is 8.96. The minimum Gasteiger partial charge on any atom is -0.355 e. The van der Waals surface area contributed by atoms with Crippen LogP contribution in [0.3, 0.4) is 0 Å². The molecule has 6 nitrogen and oxygen atoms in total. The highest BCUT2D eigenvalue weighted by atomic mass is 16.2. The van der Waals surface area contributed by atoms with Gasteiger partial charge in [0.2, 0.25) is 5.91 Å². The average Bonchev–Trinajstić information content (AvgIpc) is 3.11.